The summed E-state index contributed by atoms with van der Waals surface area (Å²) < 4.78 is 0. The third-order valence-corrected chi connectivity index (χ3v) is 19.9. The van der Waals surface area contributed by atoms with E-state index in [9.17, 15) is 0 Å². The molecule has 0 bridgehead atoms. The van der Waals surface area contributed by atoms with E-state index < -0.39 is 33.0 Å². The van der Waals surface area contributed by atoms with E-state index in [1.54, 1.807) is 74.4 Å². The van der Waals surface area contributed by atoms with Crippen molar-refractivity contribution in [1.82, 2.24) is 116 Å². The summed E-state index contributed by atoms with van der Waals surface area (Å²) in [6.45, 7) is 0. The number of hydrogen-bond donors (Lipinski definition) is 7. The summed E-state index contributed by atoms with van der Waals surface area (Å²) >= 11 is 1.43. The van der Waals surface area contributed by atoms with E-state index in [-0.39, 0.29) is 40.8 Å². The summed E-state index contributed by atoms with van der Waals surface area (Å²) in [5.41, 5.74) is -7.16. The number of imidazole rings is 2. The van der Waals surface area contributed by atoms with E-state index in [1.807, 2.05) is 150 Å². The van der Waals surface area contributed by atoms with Crippen molar-refractivity contribution in [2.24, 2.45) is 0 Å². The maximum absolute atomic E-state index is 6.03. The number of para-hydroxylation sites is 6. The van der Waals surface area contributed by atoms with Gasteiger partial charge in [-0.05, 0) is 96.4 Å². The van der Waals surface area contributed by atoms with Gasteiger partial charge in [-0.1, -0.05) is 66.7 Å². The summed E-state index contributed by atoms with van der Waals surface area (Å²) in [5, 5.41) is 45.8. The molecule has 2 saturated heterocycles. The smallest absolute Gasteiger partial charge is 0.246 e. The molecule has 19 rings (SSSR count). The highest BCUT2D eigenvalue weighted by Crippen LogP contribution is 2.85. The molecule has 2 aliphatic heterocycles. The molecule has 95 heavy (non-hydrogen) atoms. The van der Waals surface area contributed by atoms with Gasteiger partial charge in [-0.25, -0.2) is 49.9 Å². The number of thiazole rings is 1. The number of benzene rings is 4. The molecule has 4 aromatic carbocycles. The number of hydrogen-bond acceptors (Lipinski definition) is 20. The highest BCUT2D eigenvalue weighted by atomic mass is 32.1. The molecule has 27 heteroatoms. The van der Waals surface area contributed by atoms with Crippen molar-refractivity contribution < 1.29 is 0 Å². The zero-order valence-electron chi connectivity index (χ0n) is 49.6. The van der Waals surface area contributed by atoms with Gasteiger partial charge in [0.1, 0.15) is 33.8 Å². The highest BCUT2D eigenvalue weighted by molar-refractivity contribution is 7.09. The number of aromatic amines is 7. The van der Waals surface area contributed by atoms with Gasteiger partial charge in [0.25, 0.3) is 0 Å². The quantitative estimate of drug-likeness (QED) is 0.0565. The molecular formula is C68H48N26S. The first-order valence-electron chi connectivity index (χ1n) is 30.4. The van der Waals surface area contributed by atoms with Gasteiger partial charge in [0, 0.05) is 95.8 Å². The van der Waals surface area contributed by atoms with Crippen molar-refractivity contribution in [2.75, 3.05) is 14.9 Å². The van der Waals surface area contributed by atoms with Crippen LogP contribution in [0.25, 0.3) is 43.9 Å². The Morgan fingerprint density at radius 3 is 2.04 bits per heavy atom. The largest absolute Gasteiger partial charge is 0.363 e. The van der Waals surface area contributed by atoms with E-state index in [4.69, 9.17) is 80.3 Å². The Kier molecular flexibility index (Phi) is 11.4. The third-order valence-electron chi connectivity index (χ3n) is 19.0. The van der Waals surface area contributed by atoms with E-state index in [0.29, 0.717) is 66.4 Å². The van der Waals surface area contributed by atoms with Gasteiger partial charge in [-0.2, -0.15) is 15.3 Å². The Morgan fingerprint density at radius 2 is 1.29 bits per heavy atom. The Bertz CT molecular complexity index is 5520. The standard InChI is InChI=1S/C68H48N26S/c1-3-16-44-42(14-1)38-53(83-44)64(61-77-36-37-95-61)63(50-25-31-81-88-50,57-43-15-2-4-17-45(43)87-90-57)66(59-75-34-35-76-59,60-85-48-20-7-8-21-49(48)86-60)92(62-79-41-82-91-62)68(52-22-9-10-26-70-52)65(58-73-28-13-29-74-58,54-39-78-46-18-5-6-19-47(46)84-54)93(56-40-69-32-33-72-56)94(55-24-12-30-80-89-55)67(64,68)51-23-11-27-71-51/h1-41,71,83H,(H,75,76)(H,81,88)(H,85,86)(H,87,90)(H,79,82,91). The topological polar surface area (TPSA) is 326 Å². The number of rotatable bonds is 13. The third kappa shape index (κ3) is 6.58. The average molecular weight is 1260 g/mol. The fourth-order valence-corrected chi connectivity index (χ4v) is 17.3. The number of H-pyrrole nitrogens is 7. The van der Waals surface area contributed by atoms with Crippen LogP contribution in [0.5, 0.6) is 0 Å². The lowest BCUT2D eigenvalue weighted by molar-refractivity contribution is -0.0486. The van der Waals surface area contributed by atoms with Crippen molar-refractivity contribution in [2.45, 2.75) is 33.0 Å². The van der Waals surface area contributed by atoms with Crippen LogP contribution in [0.4, 0.5) is 17.6 Å². The Labute approximate surface area is 540 Å². The van der Waals surface area contributed by atoms with Gasteiger partial charge in [0.15, 0.2) is 39.6 Å². The molecule has 0 spiro atoms. The summed E-state index contributed by atoms with van der Waals surface area (Å²) in [7, 11) is 0. The first-order chi connectivity index (χ1) is 47.1. The molecule has 2 fully saturated rings. The normalized spacial score (nSPS) is 22.7. The number of fused-ring (bicyclic) bond motifs is 5. The Hall–Kier alpha value is -13.0. The van der Waals surface area contributed by atoms with Crippen molar-refractivity contribution in [3.05, 3.63) is 307 Å². The number of hydrazine groups is 1. The molecule has 6 atom stereocenters. The van der Waals surface area contributed by atoms with E-state index in [0.717, 1.165) is 10.9 Å². The molecule has 0 saturated carbocycles. The maximum Gasteiger partial charge on any atom is 0.246 e. The summed E-state index contributed by atoms with van der Waals surface area (Å²) in [6, 6.07) is 51.6. The van der Waals surface area contributed by atoms with Crippen molar-refractivity contribution in [3.8, 4) is 0 Å². The van der Waals surface area contributed by atoms with Crippen molar-refractivity contribution in [3.63, 3.8) is 0 Å². The first-order valence-corrected chi connectivity index (χ1v) is 31.2. The van der Waals surface area contributed by atoms with Gasteiger partial charge in [0.05, 0.1) is 62.8 Å². The molecule has 2 aliphatic rings. The van der Waals surface area contributed by atoms with E-state index in [1.165, 1.54) is 11.3 Å². The second kappa shape index (κ2) is 20.2. The van der Waals surface area contributed by atoms with Gasteiger partial charge in [-0.3, -0.25) is 30.2 Å². The van der Waals surface area contributed by atoms with Crippen LogP contribution < -0.4 is 14.9 Å². The number of piperidine rings is 1. The Balaban J connectivity index is 1.26. The van der Waals surface area contributed by atoms with Crippen LogP contribution in [0, 0.1) is 0 Å². The molecule has 13 aromatic heterocycles. The number of anilines is 3. The summed E-state index contributed by atoms with van der Waals surface area (Å²) in [5.74, 6) is 1.26. The van der Waals surface area contributed by atoms with Gasteiger partial charge < -0.3 is 24.8 Å². The molecule has 0 radical (unpaired) electrons. The zero-order chi connectivity index (χ0) is 62.8. The molecule has 26 nitrogen and oxygen atoms in total. The summed E-state index contributed by atoms with van der Waals surface area (Å²) in [6.07, 6.45) is 24.3. The number of nitrogens with one attached hydrogen (secondary N) is 7. The molecule has 15 heterocycles. The molecular weight excluding hydrogens is 1210 g/mol. The van der Waals surface area contributed by atoms with E-state index >= 15 is 0 Å². The van der Waals surface area contributed by atoms with Crippen LogP contribution in [-0.2, 0) is 33.0 Å². The SMILES string of the molecule is c1ccc(C23N(c4nc[nH]n4)C(c4ncc[nH]4)(c4nc5ccccc5[nH]4)C(c4cc[nH]n4)(c4n[nH]c5ccccc45)C(c4cc5ccccc5[nH]4)(c4nccs4)C2(c2ccc[nH]2)N(c2cccnn2)N(c2cnccn2)C3(c2cnc3ccccc3n2)c2ncccn2)nc1. The summed E-state index contributed by atoms with van der Waals surface area (Å²) in [4.78, 5) is 80.7. The lowest BCUT2D eigenvalue weighted by atomic mass is 9.34. The molecule has 0 amide bonds. The van der Waals surface area contributed by atoms with Crippen LogP contribution >= 0.6 is 11.3 Å². The Morgan fingerprint density at radius 1 is 0.453 bits per heavy atom. The van der Waals surface area contributed by atoms with Crippen LogP contribution in [0.1, 0.15) is 56.6 Å². The fourth-order valence-electron chi connectivity index (χ4n) is 16.3. The predicted octanol–water partition coefficient (Wildman–Crippen LogP) is 9.39. The minimum Gasteiger partial charge on any atom is -0.363 e. The minimum absolute atomic E-state index is 0.0572. The van der Waals surface area contributed by atoms with Crippen LogP contribution in [0.2, 0.25) is 0 Å². The molecule has 456 valence electrons. The fraction of sp³-hybridized carbons (Fsp3) is 0.0882. The maximum atomic E-state index is 6.03. The number of aromatic nitrogens is 23. The number of pyridine rings is 1. The number of nitrogens with zero attached hydrogens (tertiary/aromatic N) is 19. The van der Waals surface area contributed by atoms with Crippen LogP contribution in [0.3, 0.4) is 0 Å². The second-order valence-corrected chi connectivity index (χ2v) is 24.0. The second-order valence-electron chi connectivity index (χ2n) is 23.1. The monoisotopic (exact) mass is 1260 g/mol. The molecule has 7 N–H and O–H groups in total. The van der Waals surface area contributed by atoms with Crippen molar-refractivity contribution in [1.29, 1.82) is 0 Å². The van der Waals surface area contributed by atoms with Gasteiger partial charge >= 0.3 is 0 Å². The zero-order valence-corrected chi connectivity index (χ0v) is 50.4. The molecule has 6 unspecified atom stereocenters. The van der Waals surface area contributed by atoms with Crippen LogP contribution in [-0.4, -0.2) is 116 Å². The van der Waals surface area contributed by atoms with E-state index in [2.05, 4.69) is 75.5 Å². The van der Waals surface area contributed by atoms with Gasteiger partial charge in [0.2, 0.25) is 5.95 Å². The lowest BCUT2D eigenvalue weighted by Crippen LogP contribution is -2.90. The average Bonchev–Trinajstić information content (AvgIpc) is 1.55. The molecule has 0 aliphatic carbocycles. The highest BCUT2D eigenvalue weighted by Gasteiger charge is 2.99. The predicted molar refractivity (Wildman–Crippen MR) is 351 cm³/mol. The first kappa shape index (κ1) is 53.8. The van der Waals surface area contributed by atoms with Crippen LogP contribution in [0.15, 0.2) is 250 Å². The lowest BCUT2D eigenvalue weighted by Gasteiger charge is -2.75. The minimum atomic E-state index is -2.36. The molecule has 17 aromatic rings. The van der Waals surface area contributed by atoms with Gasteiger partial charge in [-0.15, -0.1) is 21.5 Å². The van der Waals surface area contributed by atoms with Crippen molar-refractivity contribution >= 4 is 72.8 Å².